The van der Waals surface area contributed by atoms with Crippen LogP contribution in [-0.4, -0.2) is 6.61 Å². The van der Waals surface area contributed by atoms with E-state index in [0.29, 0.717) is 5.92 Å². The summed E-state index contributed by atoms with van der Waals surface area (Å²) in [5, 5.41) is 0. The van der Waals surface area contributed by atoms with Gasteiger partial charge in [0.05, 0.1) is 6.61 Å². The first-order valence-electron chi connectivity index (χ1n) is 6.19. The predicted molar refractivity (Wildman–Crippen MR) is 66.7 cm³/mol. The van der Waals surface area contributed by atoms with Crippen molar-refractivity contribution in [1.29, 1.82) is 0 Å². The third-order valence-corrected chi connectivity index (χ3v) is 3.79. The van der Waals surface area contributed by atoms with Crippen molar-refractivity contribution in [2.75, 3.05) is 6.61 Å². The summed E-state index contributed by atoms with van der Waals surface area (Å²) in [7, 11) is 0. The molecule has 1 aromatic rings. The second-order valence-corrected chi connectivity index (χ2v) is 5.12. The third-order valence-electron chi connectivity index (χ3n) is 3.79. The molecule has 0 aromatic heterocycles. The highest BCUT2D eigenvalue weighted by Gasteiger charge is 2.24. The van der Waals surface area contributed by atoms with Gasteiger partial charge in [-0.3, -0.25) is 0 Å². The lowest BCUT2D eigenvalue weighted by molar-refractivity contribution is 0.299. The van der Waals surface area contributed by atoms with Gasteiger partial charge >= 0.3 is 0 Å². The van der Waals surface area contributed by atoms with E-state index in [1.54, 1.807) is 0 Å². The summed E-state index contributed by atoms with van der Waals surface area (Å²) < 4.78 is 5.92. The van der Waals surface area contributed by atoms with Gasteiger partial charge < -0.3 is 4.74 Å². The molecular formula is C15H18O. The van der Waals surface area contributed by atoms with E-state index in [1.807, 2.05) is 0 Å². The Labute approximate surface area is 97.1 Å². The first-order chi connectivity index (χ1) is 7.75. The molecule has 0 heterocycles. The van der Waals surface area contributed by atoms with Crippen LogP contribution >= 0.6 is 0 Å². The van der Waals surface area contributed by atoms with Crippen LogP contribution in [0.15, 0.2) is 23.8 Å². The molecule has 84 valence electrons. The molecule has 1 aromatic carbocycles. The second kappa shape index (κ2) is 3.65. The normalized spacial score (nSPS) is 22.9. The van der Waals surface area contributed by atoms with Crippen molar-refractivity contribution in [3.05, 3.63) is 34.9 Å². The molecular weight excluding hydrogens is 196 g/mol. The van der Waals surface area contributed by atoms with Gasteiger partial charge in [0.15, 0.2) is 0 Å². The van der Waals surface area contributed by atoms with Crippen molar-refractivity contribution >= 4 is 6.08 Å². The Morgan fingerprint density at radius 2 is 2.12 bits per heavy atom. The number of allylic oxidation sites excluding steroid dienone is 1. The minimum absolute atomic E-state index is 0.555. The molecule has 0 saturated heterocycles. The molecule has 1 unspecified atom stereocenters. The SMILES string of the molecule is CC1=Cc2c(OCC3CC3)cccc2C1C. The number of hydrogen-bond acceptors (Lipinski definition) is 1. The zero-order valence-corrected chi connectivity index (χ0v) is 9.99. The molecule has 0 N–H and O–H groups in total. The quantitative estimate of drug-likeness (QED) is 0.739. The summed E-state index contributed by atoms with van der Waals surface area (Å²) in [6.07, 6.45) is 4.98. The van der Waals surface area contributed by atoms with Crippen molar-refractivity contribution < 1.29 is 4.74 Å². The third kappa shape index (κ3) is 1.64. The Balaban J connectivity index is 1.88. The Kier molecular flexibility index (Phi) is 2.27. The fraction of sp³-hybridized carbons (Fsp3) is 0.467. The Hall–Kier alpha value is -1.24. The Bertz CT molecular complexity index is 441. The summed E-state index contributed by atoms with van der Waals surface area (Å²) in [5.74, 6) is 2.45. The van der Waals surface area contributed by atoms with Crippen LogP contribution in [0.2, 0.25) is 0 Å². The molecule has 2 aliphatic carbocycles. The Morgan fingerprint density at radius 3 is 2.88 bits per heavy atom. The summed E-state index contributed by atoms with van der Waals surface area (Å²) in [6, 6.07) is 6.43. The summed E-state index contributed by atoms with van der Waals surface area (Å²) in [6.45, 7) is 5.37. The lowest BCUT2D eigenvalue weighted by Crippen LogP contribution is -2.01. The average molecular weight is 214 g/mol. The standard InChI is InChI=1S/C15H18O/c1-10-8-14-13(11(10)2)4-3-5-15(14)16-9-12-6-7-12/h3-5,8,11-12H,6-7,9H2,1-2H3. The average Bonchev–Trinajstić information content (AvgIpc) is 3.06. The van der Waals surface area contributed by atoms with Crippen LogP contribution in [0.3, 0.4) is 0 Å². The van der Waals surface area contributed by atoms with Gasteiger partial charge in [-0.05, 0) is 37.3 Å². The molecule has 1 nitrogen and oxygen atoms in total. The van der Waals surface area contributed by atoms with E-state index in [1.165, 1.54) is 29.5 Å². The van der Waals surface area contributed by atoms with E-state index >= 15 is 0 Å². The molecule has 0 bridgehead atoms. The van der Waals surface area contributed by atoms with Gasteiger partial charge in [0.25, 0.3) is 0 Å². The molecule has 0 aliphatic heterocycles. The molecule has 0 spiro atoms. The fourth-order valence-corrected chi connectivity index (χ4v) is 2.31. The lowest BCUT2D eigenvalue weighted by atomic mass is 9.99. The Morgan fingerprint density at radius 1 is 1.31 bits per heavy atom. The molecule has 2 aliphatic rings. The lowest BCUT2D eigenvalue weighted by Gasteiger charge is -2.11. The molecule has 1 saturated carbocycles. The maximum Gasteiger partial charge on any atom is 0.126 e. The van der Waals surface area contributed by atoms with Crippen LogP contribution in [0.1, 0.15) is 43.7 Å². The molecule has 1 fully saturated rings. The van der Waals surface area contributed by atoms with Gasteiger partial charge in [-0.1, -0.05) is 30.7 Å². The van der Waals surface area contributed by atoms with Gasteiger partial charge in [-0.2, -0.15) is 0 Å². The minimum Gasteiger partial charge on any atom is -0.493 e. The van der Waals surface area contributed by atoms with Crippen LogP contribution < -0.4 is 4.74 Å². The van der Waals surface area contributed by atoms with E-state index in [4.69, 9.17) is 4.74 Å². The van der Waals surface area contributed by atoms with Gasteiger partial charge in [0, 0.05) is 11.5 Å². The second-order valence-electron chi connectivity index (χ2n) is 5.12. The van der Waals surface area contributed by atoms with E-state index in [0.717, 1.165) is 18.3 Å². The zero-order chi connectivity index (χ0) is 11.1. The summed E-state index contributed by atoms with van der Waals surface area (Å²) in [4.78, 5) is 0. The van der Waals surface area contributed by atoms with E-state index in [2.05, 4.69) is 38.1 Å². The van der Waals surface area contributed by atoms with Crippen LogP contribution in [0, 0.1) is 5.92 Å². The molecule has 1 atom stereocenters. The zero-order valence-electron chi connectivity index (χ0n) is 9.99. The molecule has 16 heavy (non-hydrogen) atoms. The number of rotatable bonds is 3. The summed E-state index contributed by atoms with van der Waals surface area (Å²) >= 11 is 0. The predicted octanol–water partition coefficient (Wildman–Crippen LogP) is 4.00. The van der Waals surface area contributed by atoms with Crippen LogP contribution in [0.5, 0.6) is 5.75 Å². The van der Waals surface area contributed by atoms with Gasteiger partial charge in [0.1, 0.15) is 5.75 Å². The number of ether oxygens (including phenoxy) is 1. The van der Waals surface area contributed by atoms with Gasteiger partial charge in [0.2, 0.25) is 0 Å². The topological polar surface area (TPSA) is 9.23 Å². The van der Waals surface area contributed by atoms with E-state index in [9.17, 15) is 0 Å². The van der Waals surface area contributed by atoms with Crippen LogP contribution in [0.25, 0.3) is 6.08 Å². The maximum atomic E-state index is 5.92. The van der Waals surface area contributed by atoms with Crippen LogP contribution in [-0.2, 0) is 0 Å². The molecule has 1 heteroatoms. The van der Waals surface area contributed by atoms with E-state index < -0.39 is 0 Å². The highest BCUT2D eigenvalue weighted by molar-refractivity contribution is 5.70. The molecule has 3 rings (SSSR count). The smallest absolute Gasteiger partial charge is 0.126 e. The highest BCUT2D eigenvalue weighted by Crippen LogP contribution is 2.40. The number of hydrogen-bond donors (Lipinski definition) is 0. The first kappa shape index (κ1) is 9.95. The first-order valence-corrected chi connectivity index (χ1v) is 6.19. The number of fused-ring (bicyclic) bond motifs is 1. The van der Waals surface area contributed by atoms with Crippen molar-refractivity contribution in [1.82, 2.24) is 0 Å². The highest BCUT2D eigenvalue weighted by atomic mass is 16.5. The molecule has 0 radical (unpaired) electrons. The minimum atomic E-state index is 0.555. The summed E-state index contributed by atoms with van der Waals surface area (Å²) in [5.41, 5.74) is 4.18. The van der Waals surface area contributed by atoms with Crippen molar-refractivity contribution in [3.8, 4) is 5.75 Å². The van der Waals surface area contributed by atoms with Gasteiger partial charge in [-0.25, -0.2) is 0 Å². The monoisotopic (exact) mass is 214 g/mol. The maximum absolute atomic E-state index is 5.92. The number of benzene rings is 1. The van der Waals surface area contributed by atoms with Crippen molar-refractivity contribution in [2.45, 2.75) is 32.6 Å². The largest absolute Gasteiger partial charge is 0.493 e. The van der Waals surface area contributed by atoms with Gasteiger partial charge in [-0.15, -0.1) is 0 Å². The van der Waals surface area contributed by atoms with Crippen molar-refractivity contribution in [2.24, 2.45) is 5.92 Å². The van der Waals surface area contributed by atoms with Crippen molar-refractivity contribution in [3.63, 3.8) is 0 Å². The fourth-order valence-electron chi connectivity index (χ4n) is 2.31. The molecule has 0 amide bonds. The van der Waals surface area contributed by atoms with Crippen LogP contribution in [0.4, 0.5) is 0 Å². The van der Waals surface area contributed by atoms with E-state index in [-0.39, 0.29) is 0 Å².